The van der Waals surface area contributed by atoms with E-state index >= 15 is 0 Å². The molecular weight excluding hydrogens is 200 g/mol. The van der Waals surface area contributed by atoms with Crippen LogP contribution in [0.3, 0.4) is 0 Å². The van der Waals surface area contributed by atoms with Gasteiger partial charge in [-0.15, -0.1) is 0 Å². The molecule has 0 spiro atoms. The van der Waals surface area contributed by atoms with Gasteiger partial charge >= 0.3 is 0 Å². The van der Waals surface area contributed by atoms with Crippen molar-refractivity contribution < 1.29 is 8.78 Å². The summed E-state index contributed by atoms with van der Waals surface area (Å²) in [5.41, 5.74) is 6.49. The first-order chi connectivity index (χ1) is 7.10. The average Bonchev–Trinajstić information content (AvgIpc) is 2.20. The lowest BCUT2D eigenvalue weighted by Gasteiger charge is -2.10. The fraction of sp³-hybridized carbons (Fsp3) is 0.400. The fourth-order valence-electron chi connectivity index (χ4n) is 1.33. The van der Waals surface area contributed by atoms with Gasteiger partial charge in [0.05, 0.1) is 18.2 Å². The summed E-state index contributed by atoms with van der Waals surface area (Å²) in [6.45, 7) is 1.76. The summed E-state index contributed by atoms with van der Waals surface area (Å²) in [5, 5.41) is 8.50. The highest BCUT2D eigenvalue weighted by molar-refractivity contribution is 5.31. The van der Waals surface area contributed by atoms with E-state index in [4.69, 9.17) is 11.0 Å². The Balaban J connectivity index is 3.25. The molecule has 5 heteroatoms. The number of rotatable bonds is 3. The molecule has 3 nitrogen and oxygen atoms in total. The molecule has 15 heavy (non-hydrogen) atoms. The molecule has 0 aromatic carbocycles. The molecule has 0 saturated carbocycles. The first-order valence-corrected chi connectivity index (χ1v) is 4.44. The Morgan fingerprint density at radius 3 is 2.73 bits per heavy atom. The number of hydrogen-bond acceptors (Lipinski definition) is 3. The monoisotopic (exact) mass is 211 g/mol. The second kappa shape index (κ2) is 4.80. The van der Waals surface area contributed by atoms with Gasteiger partial charge in [0.15, 0.2) is 0 Å². The van der Waals surface area contributed by atoms with E-state index < -0.39 is 6.43 Å². The smallest absolute Gasteiger partial charge is 0.280 e. The molecule has 0 amide bonds. The van der Waals surface area contributed by atoms with Crippen LogP contribution in [0.15, 0.2) is 6.07 Å². The van der Waals surface area contributed by atoms with E-state index in [-0.39, 0.29) is 18.7 Å². The van der Waals surface area contributed by atoms with Gasteiger partial charge in [-0.3, -0.25) is 4.98 Å². The minimum atomic E-state index is -2.65. The Labute approximate surface area is 86.5 Å². The Morgan fingerprint density at radius 1 is 1.60 bits per heavy atom. The number of aromatic nitrogens is 1. The molecule has 0 bridgehead atoms. The van der Waals surface area contributed by atoms with Crippen LogP contribution in [0.4, 0.5) is 8.78 Å². The van der Waals surface area contributed by atoms with Crippen LogP contribution in [0.2, 0.25) is 0 Å². The van der Waals surface area contributed by atoms with Gasteiger partial charge in [-0.1, -0.05) is 6.07 Å². The maximum atomic E-state index is 12.6. The van der Waals surface area contributed by atoms with Crippen molar-refractivity contribution in [1.82, 2.24) is 4.98 Å². The highest BCUT2D eigenvalue weighted by atomic mass is 19.3. The maximum Gasteiger partial charge on any atom is 0.280 e. The zero-order chi connectivity index (χ0) is 11.4. The van der Waals surface area contributed by atoms with Crippen LogP contribution in [0.25, 0.3) is 0 Å². The lowest BCUT2D eigenvalue weighted by Crippen LogP contribution is -2.08. The summed E-state index contributed by atoms with van der Waals surface area (Å²) in [6.07, 6.45) is -2.61. The van der Waals surface area contributed by atoms with Gasteiger partial charge in [-0.05, 0) is 18.1 Å². The van der Waals surface area contributed by atoms with Crippen LogP contribution < -0.4 is 5.73 Å². The summed E-state index contributed by atoms with van der Waals surface area (Å²) in [7, 11) is 0. The standard InChI is InChI=1S/C10H11F2N3/c1-6-4-7(5-14)9(10(11)12)15-8(6)2-3-13/h4,10H,2,5,14H2,1H3. The number of pyridine rings is 1. The molecule has 1 aromatic rings. The highest BCUT2D eigenvalue weighted by Crippen LogP contribution is 2.23. The Kier molecular flexibility index (Phi) is 3.69. The SMILES string of the molecule is Cc1cc(CN)c(C(F)F)nc1CC#N. The van der Waals surface area contributed by atoms with Crippen molar-refractivity contribution in [3.63, 3.8) is 0 Å². The van der Waals surface area contributed by atoms with Crippen molar-refractivity contribution in [2.24, 2.45) is 5.73 Å². The van der Waals surface area contributed by atoms with Crippen LogP contribution in [-0.2, 0) is 13.0 Å². The summed E-state index contributed by atoms with van der Waals surface area (Å²) in [6, 6.07) is 3.46. The second-order valence-electron chi connectivity index (χ2n) is 3.14. The van der Waals surface area contributed by atoms with Crippen LogP contribution in [0.1, 0.15) is 28.9 Å². The molecular formula is C10H11F2N3. The number of alkyl halides is 2. The van der Waals surface area contributed by atoms with E-state index in [0.29, 0.717) is 11.3 Å². The molecule has 1 heterocycles. The van der Waals surface area contributed by atoms with Crippen molar-refractivity contribution in [3.05, 3.63) is 28.6 Å². The number of nitrogens with two attached hydrogens (primary N) is 1. The normalized spacial score (nSPS) is 10.4. The lowest BCUT2D eigenvalue weighted by atomic mass is 10.1. The zero-order valence-electron chi connectivity index (χ0n) is 8.30. The van der Waals surface area contributed by atoms with Crippen molar-refractivity contribution in [3.8, 4) is 6.07 Å². The molecule has 0 fully saturated rings. The van der Waals surface area contributed by atoms with Crippen molar-refractivity contribution in [2.45, 2.75) is 26.3 Å². The second-order valence-corrected chi connectivity index (χ2v) is 3.14. The number of aryl methyl sites for hydroxylation is 1. The first-order valence-electron chi connectivity index (χ1n) is 4.44. The molecule has 0 aliphatic carbocycles. The van der Waals surface area contributed by atoms with Crippen LogP contribution >= 0.6 is 0 Å². The molecule has 0 saturated heterocycles. The van der Waals surface area contributed by atoms with Gasteiger partial charge in [0.1, 0.15) is 5.69 Å². The summed E-state index contributed by atoms with van der Waals surface area (Å²) >= 11 is 0. The van der Waals surface area contributed by atoms with Gasteiger partial charge in [0.25, 0.3) is 6.43 Å². The molecule has 0 radical (unpaired) electrons. The molecule has 0 aliphatic heterocycles. The molecule has 0 atom stereocenters. The molecule has 2 N–H and O–H groups in total. The Bertz CT molecular complexity index is 396. The number of nitrogens with zero attached hydrogens (tertiary/aromatic N) is 2. The van der Waals surface area contributed by atoms with Crippen LogP contribution in [0, 0.1) is 18.3 Å². The van der Waals surface area contributed by atoms with Crippen LogP contribution in [-0.4, -0.2) is 4.98 Å². The first kappa shape index (κ1) is 11.5. The number of nitriles is 1. The minimum absolute atomic E-state index is 0.0281. The third-order valence-electron chi connectivity index (χ3n) is 2.10. The largest absolute Gasteiger partial charge is 0.326 e. The third kappa shape index (κ3) is 2.48. The van der Waals surface area contributed by atoms with Crippen molar-refractivity contribution in [2.75, 3.05) is 0 Å². The van der Waals surface area contributed by atoms with E-state index in [1.807, 2.05) is 6.07 Å². The number of halogens is 2. The third-order valence-corrected chi connectivity index (χ3v) is 2.10. The Morgan fingerprint density at radius 2 is 2.27 bits per heavy atom. The summed E-state index contributed by atoms with van der Waals surface area (Å²) in [4.78, 5) is 3.78. The molecule has 0 aliphatic rings. The van der Waals surface area contributed by atoms with Crippen LogP contribution in [0.5, 0.6) is 0 Å². The maximum absolute atomic E-state index is 12.6. The van der Waals surface area contributed by atoms with Crippen molar-refractivity contribution >= 4 is 0 Å². The minimum Gasteiger partial charge on any atom is -0.326 e. The predicted octanol–water partition coefficient (Wildman–Crippen LogP) is 1.85. The van der Waals surface area contributed by atoms with Gasteiger partial charge in [-0.2, -0.15) is 5.26 Å². The van der Waals surface area contributed by atoms with Gasteiger partial charge in [0.2, 0.25) is 0 Å². The molecule has 80 valence electrons. The summed E-state index contributed by atoms with van der Waals surface area (Å²) in [5.74, 6) is 0. The van der Waals surface area contributed by atoms with E-state index in [1.165, 1.54) is 0 Å². The van der Waals surface area contributed by atoms with E-state index in [2.05, 4.69) is 4.98 Å². The quantitative estimate of drug-likeness (QED) is 0.829. The zero-order valence-corrected chi connectivity index (χ0v) is 8.30. The van der Waals surface area contributed by atoms with E-state index in [0.717, 1.165) is 5.56 Å². The highest BCUT2D eigenvalue weighted by Gasteiger charge is 2.16. The van der Waals surface area contributed by atoms with E-state index in [1.54, 1.807) is 13.0 Å². The van der Waals surface area contributed by atoms with Gasteiger partial charge < -0.3 is 5.73 Å². The molecule has 1 aromatic heterocycles. The number of hydrogen-bond donors (Lipinski definition) is 1. The Hall–Kier alpha value is -1.54. The van der Waals surface area contributed by atoms with Gasteiger partial charge in [0, 0.05) is 6.54 Å². The average molecular weight is 211 g/mol. The molecule has 0 unspecified atom stereocenters. The van der Waals surface area contributed by atoms with E-state index in [9.17, 15) is 8.78 Å². The van der Waals surface area contributed by atoms with Crippen molar-refractivity contribution in [1.29, 1.82) is 5.26 Å². The fourth-order valence-corrected chi connectivity index (χ4v) is 1.33. The molecule has 1 rings (SSSR count). The summed E-state index contributed by atoms with van der Waals surface area (Å²) < 4.78 is 25.1. The predicted molar refractivity (Wildman–Crippen MR) is 51.1 cm³/mol. The lowest BCUT2D eigenvalue weighted by molar-refractivity contribution is 0.144. The topological polar surface area (TPSA) is 62.7 Å². The van der Waals surface area contributed by atoms with Gasteiger partial charge in [-0.25, -0.2) is 8.78 Å².